The molecule has 2 atom stereocenters. The third kappa shape index (κ3) is 4.27. The van der Waals surface area contributed by atoms with Crippen molar-refractivity contribution in [3.05, 3.63) is 35.1 Å². The number of hydrogen-bond acceptors (Lipinski definition) is 4. The van der Waals surface area contributed by atoms with Gasteiger partial charge in [0.15, 0.2) is 0 Å². The van der Waals surface area contributed by atoms with Crippen LogP contribution < -0.4 is 0 Å². The van der Waals surface area contributed by atoms with Gasteiger partial charge in [-0.25, -0.2) is 4.39 Å². The number of carboxylic acids is 1. The highest BCUT2D eigenvalue weighted by Gasteiger charge is 2.39. The standard InChI is InChI=1S/C19H23FN2O5/c1-12-2-3-13(9-16(12)20)17(23)22-10-14(8-15(11-22)19(25)26)18(24)21-4-6-27-7-5-21/h2-3,9,14-15H,4-8,10-11H2,1H3,(H,25,26)/t14-,15-/m1/s1. The van der Waals surface area contributed by atoms with Crippen molar-refractivity contribution < 1.29 is 28.6 Å². The molecule has 2 heterocycles. The van der Waals surface area contributed by atoms with Gasteiger partial charge in [-0.2, -0.15) is 0 Å². The van der Waals surface area contributed by atoms with Crippen LogP contribution in [0.15, 0.2) is 18.2 Å². The van der Waals surface area contributed by atoms with Crippen molar-refractivity contribution in [1.29, 1.82) is 0 Å². The van der Waals surface area contributed by atoms with Crippen LogP contribution in [0.2, 0.25) is 0 Å². The largest absolute Gasteiger partial charge is 0.481 e. The minimum Gasteiger partial charge on any atom is -0.481 e. The molecular weight excluding hydrogens is 355 g/mol. The van der Waals surface area contributed by atoms with E-state index < -0.39 is 29.5 Å². The predicted octanol–water partition coefficient (Wildman–Crippen LogP) is 1.16. The number of carbonyl (C=O) groups excluding carboxylic acids is 2. The molecule has 0 radical (unpaired) electrons. The first-order chi connectivity index (χ1) is 12.9. The number of nitrogens with zero attached hydrogens (tertiary/aromatic N) is 2. The normalized spacial score (nSPS) is 23.2. The maximum absolute atomic E-state index is 13.8. The van der Waals surface area contributed by atoms with Crippen molar-refractivity contribution in [2.24, 2.45) is 11.8 Å². The summed E-state index contributed by atoms with van der Waals surface area (Å²) in [5.74, 6) is -3.56. The summed E-state index contributed by atoms with van der Waals surface area (Å²) in [6.07, 6.45) is 0.192. The molecule has 2 amide bonds. The van der Waals surface area contributed by atoms with E-state index in [0.717, 1.165) is 6.07 Å². The fraction of sp³-hybridized carbons (Fsp3) is 0.526. The number of ether oxygens (including phenoxy) is 1. The molecule has 7 nitrogen and oxygen atoms in total. The van der Waals surface area contributed by atoms with Crippen molar-refractivity contribution in [2.75, 3.05) is 39.4 Å². The van der Waals surface area contributed by atoms with Crippen LogP contribution in [0.1, 0.15) is 22.3 Å². The minimum atomic E-state index is -1.04. The average molecular weight is 378 g/mol. The van der Waals surface area contributed by atoms with E-state index in [-0.39, 0.29) is 31.0 Å². The van der Waals surface area contributed by atoms with Gasteiger partial charge in [0.1, 0.15) is 5.82 Å². The maximum Gasteiger partial charge on any atom is 0.308 e. The maximum atomic E-state index is 13.8. The van der Waals surface area contributed by atoms with Crippen molar-refractivity contribution >= 4 is 17.8 Å². The lowest BCUT2D eigenvalue weighted by Gasteiger charge is -2.38. The number of hydrogen-bond donors (Lipinski definition) is 1. The van der Waals surface area contributed by atoms with Gasteiger partial charge in [-0.15, -0.1) is 0 Å². The highest BCUT2D eigenvalue weighted by Crippen LogP contribution is 2.26. The summed E-state index contributed by atoms with van der Waals surface area (Å²) in [4.78, 5) is 40.2. The van der Waals surface area contributed by atoms with Crippen LogP contribution >= 0.6 is 0 Å². The Labute approximate surface area is 156 Å². The summed E-state index contributed by atoms with van der Waals surface area (Å²) >= 11 is 0. The quantitative estimate of drug-likeness (QED) is 0.853. The Morgan fingerprint density at radius 1 is 1.11 bits per heavy atom. The Balaban J connectivity index is 1.79. The van der Waals surface area contributed by atoms with Crippen LogP contribution in [-0.4, -0.2) is 72.1 Å². The van der Waals surface area contributed by atoms with Crippen molar-refractivity contribution in [3.63, 3.8) is 0 Å². The molecule has 0 aliphatic carbocycles. The monoisotopic (exact) mass is 378 g/mol. The Hall–Kier alpha value is -2.48. The lowest BCUT2D eigenvalue weighted by molar-refractivity contribution is -0.148. The molecular formula is C19H23FN2O5. The van der Waals surface area contributed by atoms with Gasteiger partial charge in [0, 0.05) is 31.7 Å². The van der Waals surface area contributed by atoms with Gasteiger partial charge in [0.2, 0.25) is 5.91 Å². The second-order valence-electron chi connectivity index (χ2n) is 7.08. The van der Waals surface area contributed by atoms with Crippen LogP contribution in [-0.2, 0) is 14.3 Å². The molecule has 146 valence electrons. The van der Waals surface area contributed by atoms with Crippen molar-refractivity contribution in [1.82, 2.24) is 9.80 Å². The number of likely N-dealkylation sites (tertiary alicyclic amines) is 1. The van der Waals surface area contributed by atoms with Gasteiger partial charge in [0.25, 0.3) is 5.91 Å². The summed E-state index contributed by atoms with van der Waals surface area (Å²) in [6, 6.07) is 4.18. The predicted molar refractivity (Wildman–Crippen MR) is 93.7 cm³/mol. The molecule has 0 bridgehead atoms. The fourth-order valence-corrected chi connectivity index (χ4v) is 3.57. The smallest absolute Gasteiger partial charge is 0.308 e. The average Bonchev–Trinajstić information content (AvgIpc) is 2.69. The van der Waals surface area contributed by atoms with E-state index in [1.165, 1.54) is 17.0 Å². The number of piperidine rings is 1. The van der Waals surface area contributed by atoms with Gasteiger partial charge < -0.3 is 19.6 Å². The molecule has 1 N–H and O–H groups in total. The second kappa shape index (κ2) is 8.04. The summed E-state index contributed by atoms with van der Waals surface area (Å²) in [7, 11) is 0. The highest BCUT2D eigenvalue weighted by atomic mass is 19.1. The van der Waals surface area contributed by atoms with Crippen LogP contribution in [0.25, 0.3) is 0 Å². The number of rotatable bonds is 3. The van der Waals surface area contributed by atoms with E-state index in [1.807, 2.05) is 0 Å². The molecule has 2 fully saturated rings. The molecule has 2 aliphatic rings. The number of amides is 2. The molecule has 27 heavy (non-hydrogen) atoms. The lowest BCUT2D eigenvalue weighted by Crippen LogP contribution is -2.52. The van der Waals surface area contributed by atoms with E-state index in [2.05, 4.69) is 0 Å². The number of carbonyl (C=O) groups is 3. The molecule has 0 spiro atoms. The summed E-state index contributed by atoms with van der Waals surface area (Å²) in [5, 5.41) is 9.46. The van der Waals surface area contributed by atoms with Crippen LogP contribution in [0.4, 0.5) is 4.39 Å². The summed E-state index contributed by atoms with van der Waals surface area (Å²) in [5.41, 5.74) is 0.579. The van der Waals surface area contributed by atoms with E-state index in [9.17, 15) is 23.9 Å². The summed E-state index contributed by atoms with van der Waals surface area (Å²) in [6.45, 7) is 3.57. The first kappa shape index (κ1) is 19.3. The lowest BCUT2D eigenvalue weighted by atomic mass is 9.87. The molecule has 0 saturated carbocycles. The van der Waals surface area contributed by atoms with Gasteiger partial charge in [-0.1, -0.05) is 6.07 Å². The highest BCUT2D eigenvalue weighted by molar-refractivity contribution is 5.95. The third-order valence-corrected chi connectivity index (χ3v) is 5.18. The zero-order chi connectivity index (χ0) is 19.6. The van der Waals surface area contributed by atoms with Crippen molar-refractivity contribution in [2.45, 2.75) is 13.3 Å². The summed E-state index contributed by atoms with van der Waals surface area (Å²) < 4.78 is 19.1. The second-order valence-corrected chi connectivity index (χ2v) is 7.08. The van der Waals surface area contributed by atoms with E-state index in [1.54, 1.807) is 11.8 Å². The van der Waals surface area contributed by atoms with E-state index in [4.69, 9.17) is 4.74 Å². The van der Waals surface area contributed by atoms with E-state index >= 15 is 0 Å². The SMILES string of the molecule is Cc1ccc(C(=O)N2C[C@H](C(=O)O)C[C@@H](C(=O)N3CCOCC3)C2)cc1F. The Kier molecular flexibility index (Phi) is 5.74. The van der Waals surface area contributed by atoms with Crippen LogP contribution in [0.3, 0.4) is 0 Å². The molecule has 0 unspecified atom stereocenters. The number of morpholine rings is 1. The molecule has 1 aromatic rings. The van der Waals surface area contributed by atoms with Gasteiger partial charge in [-0.3, -0.25) is 14.4 Å². The first-order valence-corrected chi connectivity index (χ1v) is 9.01. The van der Waals surface area contributed by atoms with Crippen LogP contribution in [0.5, 0.6) is 0 Å². The Morgan fingerprint density at radius 2 is 1.78 bits per heavy atom. The van der Waals surface area contributed by atoms with Gasteiger partial charge in [-0.05, 0) is 31.0 Å². The molecule has 8 heteroatoms. The molecule has 2 aliphatic heterocycles. The van der Waals surface area contributed by atoms with Crippen molar-refractivity contribution in [3.8, 4) is 0 Å². The molecule has 2 saturated heterocycles. The number of halogens is 1. The van der Waals surface area contributed by atoms with Gasteiger partial charge in [0.05, 0.1) is 25.0 Å². The third-order valence-electron chi connectivity index (χ3n) is 5.18. The Morgan fingerprint density at radius 3 is 2.41 bits per heavy atom. The zero-order valence-electron chi connectivity index (χ0n) is 15.2. The molecule has 0 aromatic heterocycles. The number of carboxylic acid groups (broad SMARTS) is 1. The van der Waals surface area contributed by atoms with Crippen LogP contribution in [0, 0.1) is 24.6 Å². The zero-order valence-corrected chi connectivity index (χ0v) is 15.2. The number of benzene rings is 1. The number of aliphatic carboxylic acids is 1. The molecule has 3 rings (SSSR count). The number of aryl methyl sites for hydroxylation is 1. The van der Waals surface area contributed by atoms with E-state index in [0.29, 0.717) is 31.9 Å². The molecule has 1 aromatic carbocycles. The Bertz CT molecular complexity index is 748. The van der Waals surface area contributed by atoms with Gasteiger partial charge >= 0.3 is 5.97 Å². The first-order valence-electron chi connectivity index (χ1n) is 9.01. The fourth-order valence-electron chi connectivity index (χ4n) is 3.57. The minimum absolute atomic E-state index is 0.0105. The topological polar surface area (TPSA) is 87.2 Å².